The van der Waals surface area contributed by atoms with E-state index >= 15 is 0 Å². The van der Waals surface area contributed by atoms with E-state index in [1.165, 1.54) is 12.1 Å². The minimum atomic E-state index is -0.757. The van der Waals surface area contributed by atoms with Crippen LogP contribution in [0.3, 0.4) is 0 Å². The maximum absolute atomic E-state index is 13.5. The summed E-state index contributed by atoms with van der Waals surface area (Å²) in [7, 11) is 0. The lowest BCUT2D eigenvalue weighted by Crippen LogP contribution is -2.07. The van der Waals surface area contributed by atoms with E-state index < -0.39 is 23.2 Å². The van der Waals surface area contributed by atoms with Crippen molar-refractivity contribution in [1.29, 1.82) is 0 Å². The summed E-state index contributed by atoms with van der Waals surface area (Å²) in [6.45, 7) is 1.73. The molecule has 2 rings (SSSR count). The highest BCUT2D eigenvalue weighted by Crippen LogP contribution is 2.15. The molecule has 19 heavy (non-hydrogen) atoms. The van der Waals surface area contributed by atoms with Gasteiger partial charge in [-0.2, -0.15) is 0 Å². The van der Waals surface area contributed by atoms with Gasteiger partial charge in [-0.15, -0.1) is 0 Å². The number of hydrogen-bond acceptors (Lipinski definition) is 1. The Morgan fingerprint density at radius 1 is 1.00 bits per heavy atom. The molecular weight excluding hydrogens is 253 g/mol. The standard InChI is InChI=1S/C15H11F3O/c1-9-2-3-14(18)13(4-9)15(19)7-10-5-11(16)8-12(17)6-10/h2-6,8H,7H2,1H3. The average molecular weight is 264 g/mol. The van der Waals surface area contributed by atoms with Crippen molar-refractivity contribution in [2.45, 2.75) is 13.3 Å². The van der Waals surface area contributed by atoms with Gasteiger partial charge in [0.15, 0.2) is 5.78 Å². The largest absolute Gasteiger partial charge is 0.294 e. The van der Waals surface area contributed by atoms with Gasteiger partial charge in [-0.3, -0.25) is 4.79 Å². The Morgan fingerprint density at radius 2 is 1.63 bits per heavy atom. The predicted octanol–water partition coefficient (Wildman–Crippen LogP) is 3.84. The number of benzene rings is 2. The van der Waals surface area contributed by atoms with Crippen molar-refractivity contribution in [2.75, 3.05) is 0 Å². The van der Waals surface area contributed by atoms with Crippen molar-refractivity contribution in [3.05, 3.63) is 70.5 Å². The summed E-state index contributed by atoms with van der Waals surface area (Å²) in [6.07, 6.45) is -0.241. The molecule has 0 aliphatic heterocycles. The molecule has 98 valence electrons. The molecule has 0 bridgehead atoms. The van der Waals surface area contributed by atoms with Crippen LogP contribution in [0.25, 0.3) is 0 Å². The summed E-state index contributed by atoms with van der Waals surface area (Å²) < 4.78 is 39.5. The number of carbonyl (C=O) groups excluding carboxylic acids is 1. The molecule has 0 aliphatic carbocycles. The molecule has 0 spiro atoms. The average Bonchev–Trinajstić information content (AvgIpc) is 2.30. The lowest BCUT2D eigenvalue weighted by molar-refractivity contribution is 0.0989. The Labute approximate surface area is 108 Å². The molecule has 0 heterocycles. The minimum absolute atomic E-state index is 0.0651. The number of carbonyl (C=O) groups is 1. The van der Waals surface area contributed by atoms with Crippen LogP contribution < -0.4 is 0 Å². The van der Waals surface area contributed by atoms with Crippen molar-refractivity contribution in [3.8, 4) is 0 Å². The first-order valence-corrected chi connectivity index (χ1v) is 5.70. The predicted molar refractivity (Wildman–Crippen MR) is 65.5 cm³/mol. The van der Waals surface area contributed by atoms with E-state index in [4.69, 9.17) is 0 Å². The van der Waals surface area contributed by atoms with Crippen LogP contribution in [0.4, 0.5) is 13.2 Å². The third kappa shape index (κ3) is 3.22. The van der Waals surface area contributed by atoms with Crippen LogP contribution in [0.15, 0.2) is 36.4 Å². The highest BCUT2D eigenvalue weighted by atomic mass is 19.1. The normalized spacial score (nSPS) is 10.5. The summed E-state index contributed by atoms with van der Waals surface area (Å²) >= 11 is 0. The minimum Gasteiger partial charge on any atom is -0.294 e. The Bertz CT molecular complexity index is 615. The number of Topliss-reactive ketones (excluding diaryl/α,β-unsaturated/α-hetero) is 1. The highest BCUT2D eigenvalue weighted by Gasteiger charge is 2.13. The molecular formula is C15H11F3O. The van der Waals surface area contributed by atoms with E-state index in [0.29, 0.717) is 0 Å². The van der Waals surface area contributed by atoms with Crippen LogP contribution in [-0.2, 0) is 6.42 Å². The number of hydrogen-bond donors (Lipinski definition) is 0. The Kier molecular flexibility index (Phi) is 3.69. The molecule has 2 aromatic carbocycles. The molecule has 0 N–H and O–H groups in total. The number of rotatable bonds is 3. The molecule has 0 radical (unpaired) electrons. The summed E-state index contributed by atoms with van der Waals surface area (Å²) in [5.41, 5.74) is 0.864. The fourth-order valence-corrected chi connectivity index (χ4v) is 1.85. The van der Waals surface area contributed by atoms with Crippen LogP contribution in [0, 0.1) is 24.4 Å². The lowest BCUT2D eigenvalue weighted by atomic mass is 10.0. The van der Waals surface area contributed by atoms with Gasteiger partial charge in [-0.1, -0.05) is 11.6 Å². The first kappa shape index (κ1) is 13.3. The Hall–Kier alpha value is -2.10. The van der Waals surface area contributed by atoms with E-state index in [2.05, 4.69) is 0 Å². The summed E-state index contributed by atoms with van der Waals surface area (Å²) in [6, 6.07) is 7.03. The molecule has 2 aromatic rings. The topological polar surface area (TPSA) is 17.1 Å². The first-order chi connectivity index (χ1) is 8.95. The zero-order valence-corrected chi connectivity index (χ0v) is 10.2. The number of halogens is 3. The van der Waals surface area contributed by atoms with Crippen molar-refractivity contribution < 1.29 is 18.0 Å². The van der Waals surface area contributed by atoms with E-state index in [1.54, 1.807) is 13.0 Å². The van der Waals surface area contributed by atoms with Gasteiger partial charge in [0.2, 0.25) is 0 Å². The van der Waals surface area contributed by atoms with Crippen LogP contribution >= 0.6 is 0 Å². The van der Waals surface area contributed by atoms with Crippen LogP contribution in [-0.4, -0.2) is 5.78 Å². The highest BCUT2D eigenvalue weighted by molar-refractivity contribution is 5.97. The third-order valence-corrected chi connectivity index (χ3v) is 2.71. The maximum Gasteiger partial charge on any atom is 0.170 e. The van der Waals surface area contributed by atoms with Gasteiger partial charge in [0.05, 0.1) is 5.56 Å². The fraction of sp³-hybridized carbons (Fsp3) is 0.133. The second kappa shape index (κ2) is 5.26. The Morgan fingerprint density at radius 3 is 2.26 bits per heavy atom. The molecule has 0 unspecified atom stereocenters. The zero-order valence-electron chi connectivity index (χ0n) is 10.2. The van der Waals surface area contributed by atoms with E-state index in [9.17, 15) is 18.0 Å². The van der Waals surface area contributed by atoms with Crippen molar-refractivity contribution in [1.82, 2.24) is 0 Å². The SMILES string of the molecule is Cc1ccc(F)c(C(=O)Cc2cc(F)cc(F)c2)c1. The molecule has 1 nitrogen and oxygen atoms in total. The lowest BCUT2D eigenvalue weighted by Gasteiger charge is -2.05. The van der Waals surface area contributed by atoms with Crippen molar-refractivity contribution in [3.63, 3.8) is 0 Å². The molecule has 0 atom stereocenters. The van der Waals surface area contributed by atoms with Crippen LogP contribution in [0.1, 0.15) is 21.5 Å². The smallest absolute Gasteiger partial charge is 0.170 e. The third-order valence-electron chi connectivity index (χ3n) is 2.71. The Balaban J connectivity index is 2.28. The quantitative estimate of drug-likeness (QED) is 0.770. The summed E-state index contributed by atoms with van der Waals surface area (Å²) in [4.78, 5) is 11.9. The van der Waals surface area contributed by atoms with Gasteiger partial charge in [0.25, 0.3) is 0 Å². The summed E-state index contributed by atoms with van der Waals surface area (Å²) in [5, 5.41) is 0. The van der Waals surface area contributed by atoms with Crippen molar-refractivity contribution >= 4 is 5.78 Å². The first-order valence-electron chi connectivity index (χ1n) is 5.70. The molecule has 0 amide bonds. The molecule has 0 aliphatic rings. The molecule has 4 heteroatoms. The maximum atomic E-state index is 13.5. The summed E-state index contributed by atoms with van der Waals surface area (Å²) in [5.74, 6) is -2.65. The number of ketones is 1. The molecule has 0 fully saturated rings. The van der Waals surface area contributed by atoms with Gasteiger partial charge in [0, 0.05) is 12.5 Å². The van der Waals surface area contributed by atoms with Gasteiger partial charge < -0.3 is 0 Å². The zero-order chi connectivity index (χ0) is 14.0. The fourth-order valence-electron chi connectivity index (χ4n) is 1.85. The van der Waals surface area contributed by atoms with Gasteiger partial charge in [-0.05, 0) is 36.8 Å². The molecule has 0 aromatic heterocycles. The molecule has 0 saturated heterocycles. The second-order valence-electron chi connectivity index (χ2n) is 4.36. The van der Waals surface area contributed by atoms with Gasteiger partial charge >= 0.3 is 0 Å². The van der Waals surface area contributed by atoms with Gasteiger partial charge in [-0.25, -0.2) is 13.2 Å². The van der Waals surface area contributed by atoms with E-state index in [1.807, 2.05) is 0 Å². The number of aryl methyl sites for hydroxylation is 1. The van der Waals surface area contributed by atoms with Crippen LogP contribution in [0.5, 0.6) is 0 Å². The van der Waals surface area contributed by atoms with E-state index in [0.717, 1.165) is 23.8 Å². The molecule has 0 saturated carbocycles. The monoisotopic (exact) mass is 264 g/mol. The second-order valence-corrected chi connectivity index (χ2v) is 4.36. The van der Waals surface area contributed by atoms with Gasteiger partial charge in [0.1, 0.15) is 17.5 Å². The van der Waals surface area contributed by atoms with Crippen LogP contribution in [0.2, 0.25) is 0 Å². The van der Waals surface area contributed by atoms with E-state index in [-0.39, 0.29) is 17.5 Å². The van der Waals surface area contributed by atoms with Crippen molar-refractivity contribution in [2.24, 2.45) is 0 Å².